The predicted octanol–water partition coefficient (Wildman–Crippen LogP) is 3.29. The zero-order chi connectivity index (χ0) is 23.1. The Balaban J connectivity index is 1.71. The molecule has 3 aromatic rings. The zero-order valence-corrected chi connectivity index (χ0v) is 20.2. The molecule has 0 radical (unpaired) electrons. The molecule has 168 valence electrons. The van der Waals surface area contributed by atoms with E-state index in [2.05, 4.69) is 20.9 Å². The number of carbonyl (C=O) groups is 1. The Labute approximate surface area is 201 Å². The van der Waals surface area contributed by atoms with Crippen LogP contribution in [0.15, 0.2) is 68.0 Å². The Bertz CT molecular complexity index is 1470. The van der Waals surface area contributed by atoms with Crippen molar-refractivity contribution >= 4 is 39.3 Å². The fourth-order valence-electron chi connectivity index (χ4n) is 3.93. The third-order valence-electron chi connectivity index (χ3n) is 5.41. The van der Waals surface area contributed by atoms with E-state index in [0.717, 1.165) is 15.6 Å². The molecule has 1 aromatic heterocycles. The molecule has 1 atom stereocenters. The number of halogens is 1. The third kappa shape index (κ3) is 3.81. The molecule has 0 aliphatic carbocycles. The van der Waals surface area contributed by atoms with Gasteiger partial charge in [0.25, 0.3) is 5.56 Å². The highest BCUT2D eigenvalue weighted by Crippen LogP contribution is 2.37. The standard InChI is InChI=1S/C24H19BrN2O5S/c1-3-30-23(29)20-13(2)26-24-27(21(20)14-7-5-4-6-8-14)22(28)19(33-24)10-15-9-17-18(11-16(15)25)32-12-31-17/h4-11,21H,3,12H2,1-2H3/b19-10-/t21-/m0/s1. The van der Waals surface area contributed by atoms with Gasteiger partial charge in [0.15, 0.2) is 16.3 Å². The lowest BCUT2D eigenvalue weighted by molar-refractivity contribution is -0.139. The maximum absolute atomic E-state index is 13.6. The molecule has 2 aliphatic heterocycles. The van der Waals surface area contributed by atoms with E-state index < -0.39 is 12.0 Å². The van der Waals surface area contributed by atoms with Crippen LogP contribution < -0.4 is 24.4 Å². The fraction of sp³-hybridized carbons (Fsp3) is 0.208. The van der Waals surface area contributed by atoms with Crippen molar-refractivity contribution in [3.63, 3.8) is 0 Å². The van der Waals surface area contributed by atoms with E-state index in [0.29, 0.717) is 32.1 Å². The van der Waals surface area contributed by atoms with E-state index in [-0.39, 0.29) is 19.0 Å². The van der Waals surface area contributed by atoms with Gasteiger partial charge in [0, 0.05) is 4.47 Å². The minimum Gasteiger partial charge on any atom is -0.463 e. The van der Waals surface area contributed by atoms with E-state index in [1.54, 1.807) is 24.5 Å². The number of aromatic nitrogens is 1. The quantitative estimate of drug-likeness (QED) is 0.487. The Hall–Kier alpha value is -3.17. The van der Waals surface area contributed by atoms with Gasteiger partial charge in [0.2, 0.25) is 6.79 Å². The van der Waals surface area contributed by atoms with Gasteiger partial charge in [0.1, 0.15) is 0 Å². The van der Waals surface area contributed by atoms with Crippen LogP contribution in [0.25, 0.3) is 6.08 Å². The number of thiazole rings is 1. The van der Waals surface area contributed by atoms with E-state index in [1.165, 1.54) is 11.3 Å². The number of benzene rings is 2. The molecule has 3 heterocycles. The molecule has 0 spiro atoms. The molecule has 0 saturated carbocycles. The molecular weight excluding hydrogens is 508 g/mol. The van der Waals surface area contributed by atoms with Crippen LogP contribution in [-0.2, 0) is 9.53 Å². The minimum absolute atomic E-state index is 0.167. The second kappa shape index (κ2) is 8.64. The summed E-state index contributed by atoms with van der Waals surface area (Å²) in [5, 5.41) is 0. The summed E-state index contributed by atoms with van der Waals surface area (Å²) in [5.74, 6) is 0.805. The summed E-state index contributed by atoms with van der Waals surface area (Å²) in [7, 11) is 0. The molecule has 0 saturated heterocycles. The maximum atomic E-state index is 13.6. The third-order valence-corrected chi connectivity index (χ3v) is 7.08. The van der Waals surface area contributed by atoms with E-state index in [9.17, 15) is 9.59 Å². The Morgan fingerprint density at radius 1 is 1.27 bits per heavy atom. The molecule has 2 aliphatic rings. The molecular formula is C24H19BrN2O5S. The molecule has 0 amide bonds. The largest absolute Gasteiger partial charge is 0.463 e. The number of carbonyl (C=O) groups excluding carboxylic acids is 1. The maximum Gasteiger partial charge on any atom is 0.338 e. The Morgan fingerprint density at radius 3 is 2.73 bits per heavy atom. The lowest BCUT2D eigenvalue weighted by Gasteiger charge is -2.24. The SMILES string of the molecule is CCOC(=O)C1=C(C)N=c2s/c(=C\c3cc4c(cc3Br)OCO4)c(=O)n2[C@H]1c1ccccc1. The number of hydrogen-bond donors (Lipinski definition) is 0. The van der Waals surface area contributed by atoms with Gasteiger partial charge < -0.3 is 14.2 Å². The average Bonchev–Trinajstić information content (AvgIpc) is 3.37. The van der Waals surface area contributed by atoms with Crippen molar-refractivity contribution in [2.24, 2.45) is 4.99 Å². The number of hydrogen-bond acceptors (Lipinski definition) is 7. The summed E-state index contributed by atoms with van der Waals surface area (Å²) < 4.78 is 19.0. The van der Waals surface area contributed by atoms with Gasteiger partial charge in [-0.3, -0.25) is 9.36 Å². The Kier molecular flexibility index (Phi) is 5.67. The summed E-state index contributed by atoms with van der Waals surface area (Å²) in [6.07, 6.45) is 1.79. The van der Waals surface area contributed by atoms with Gasteiger partial charge >= 0.3 is 5.97 Å². The van der Waals surface area contributed by atoms with Crippen LogP contribution in [0.3, 0.4) is 0 Å². The van der Waals surface area contributed by atoms with Crippen molar-refractivity contribution in [3.8, 4) is 11.5 Å². The summed E-state index contributed by atoms with van der Waals surface area (Å²) in [5.41, 5.74) is 2.27. The molecule has 7 nitrogen and oxygen atoms in total. The topological polar surface area (TPSA) is 79.1 Å². The highest BCUT2D eigenvalue weighted by Gasteiger charge is 2.33. The van der Waals surface area contributed by atoms with Gasteiger partial charge in [0.05, 0.1) is 28.5 Å². The van der Waals surface area contributed by atoms with Gasteiger partial charge in [-0.1, -0.05) is 57.6 Å². The van der Waals surface area contributed by atoms with Crippen LogP contribution in [0.5, 0.6) is 11.5 Å². The molecule has 33 heavy (non-hydrogen) atoms. The first-order chi connectivity index (χ1) is 16.0. The second-order valence-corrected chi connectivity index (χ2v) is 9.30. The highest BCUT2D eigenvalue weighted by molar-refractivity contribution is 9.10. The molecule has 5 rings (SSSR count). The van der Waals surface area contributed by atoms with Gasteiger partial charge in [-0.25, -0.2) is 9.79 Å². The number of ether oxygens (including phenoxy) is 3. The number of nitrogens with zero attached hydrogens (tertiary/aromatic N) is 2. The first kappa shape index (κ1) is 21.7. The molecule has 0 N–H and O–H groups in total. The minimum atomic E-state index is -0.621. The highest BCUT2D eigenvalue weighted by atomic mass is 79.9. The normalized spacial score (nSPS) is 17.1. The van der Waals surface area contributed by atoms with Gasteiger partial charge in [-0.2, -0.15) is 0 Å². The average molecular weight is 527 g/mol. The van der Waals surface area contributed by atoms with Crippen molar-refractivity contribution in [2.45, 2.75) is 19.9 Å². The van der Waals surface area contributed by atoms with Crippen molar-refractivity contribution in [1.29, 1.82) is 0 Å². The van der Waals surface area contributed by atoms with E-state index in [4.69, 9.17) is 14.2 Å². The van der Waals surface area contributed by atoms with Crippen LogP contribution >= 0.6 is 27.3 Å². The lowest BCUT2D eigenvalue weighted by atomic mass is 9.96. The first-order valence-corrected chi connectivity index (χ1v) is 11.9. The summed E-state index contributed by atoms with van der Waals surface area (Å²) in [4.78, 5) is 31.6. The molecule has 0 unspecified atom stereocenters. The van der Waals surface area contributed by atoms with Crippen LogP contribution in [0.1, 0.15) is 31.0 Å². The van der Waals surface area contributed by atoms with Crippen molar-refractivity contribution < 1.29 is 19.0 Å². The van der Waals surface area contributed by atoms with Gasteiger partial charge in [-0.05, 0) is 43.2 Å². The van der Waals surface area contributed by atoms with E-state index >= 15 is 0 Å². The van der Waals surface area contributed by atoms with Crippen molar-refractivity contribution in [2.75, 3.05) is 13.4 Å². The van der Waals surface area contributed by atoms with Crippen LogP contribution in [0, 0.1) is 0 Å². The molecule has 2 aromatic carbocycles. The first-order valence-electron chi connectivity index (χ1n) is 10.3. The van der Waals surface area contributed by atoms with Crippen LogP contribution in [-0.4, -0.2) is 23.9 Å². The monoisotopic (exact) mass is 526 g/mol. The molecule has 0 bridgehead atoms. The van der Waals surface area contributed by atoms with Crippen molar-refractivity contribution in [1.82, 2.24) is 4.57 Å². The number of rotatable bonds is 4. The summed E-state index contributed by atoms with van der Waals surface area (Å²) in [6.45, 7) is 3.93. The van der Waals surface area contributed by atoms with Crippen molar-refractivity contribution in [3.05, 3.63) is 89.0 Å². The second-order valence-electron chi connectivity index (χ2n) is 7.44. The zero-order valence-electron chi connectivity index (χ0n) is 17.8. The Morgan fingerprint density at radius 2 is 2.00 bits per heavy atom. The number of esters is 1. The molecule has 0 fully saturated rings. The van der Waals surface area contributed by atoms with Crippen LogP contribution in [0.2, 0.25) is 0 Å². The van der Waals surface area contributed by atoms with E-state index in [1.807, 2.05) is 42.5 Å². The smallest absolute Gasteiger partial charge is 0.338 e. The number of allylic oxidation sites excluding steroid dienone is 1. The molecule has 9 heteroatoms. The van der Waals surface area contributed by atoms with Crippen LogP contribution in [0.4, 0.5) is 0 Å². The number of fused-ring (bicyclic) bond motifs is 2. The fourth-order valence-corrected chi connectivity index (χ4v) is 5.40. The summed E-state index contributed by atoms with van der Waals surface area (Å²) in [6, 6.07) is 12.5. The summed E-state index contributed by atoms with van der Waals surface area (Å²) >= 11 is 4.82. The lowest BCUT2D eigenvalue weighted by Crippen LogP contribution is -2.39. The van der Waals surface area contributed by atoms with Gasteiger partial charge in [-0.15, -0.1) is 0 Å². The predicted molar refractivity (Wildman–Crippen MR) is 127 cm³/mol.